The summed E-state index contributed by atoms with van der Waals surface area (Å²) in [4.78, 5) is 0. The smallest absolute Gasteiger partial charge is 0.120 e. The molecule has 0 aromatic heterocycles. The zero-order valence-electron chi connectivity index (χ0n) is 8.92. The van der Waals surface area contributed by atoms with Crippen LogP contribution < -0.4 is 10.1 Å². The normalized spacial score (nSPS) is 19.9. The lowest BCUT2D eigenvalue weighted by molar-refractivity contribution is 0.0556. The highest BCUT2D eigenvalue weighted by Crippen LogP contribution is 2.26. The Morgan fingerprint density at radius 3 is 2.40 bits per heavy atom. The molecule has 3 heteroatoms. The van der Waals surface area contributed by atoms with Crippen LogP contribution in [0.15, 0.2) is 28.7 Å². The first kappa shape index (κ1) is 11.0. The molecule has 1 aliphatic heterocycles. The molecular formula is C12H16BrNO. The molecule has 1 aromatic carbocycles. The number of nitrogens with one attached hydrogen (secondary N) is 1. The summed E-state index contributed by atoms with van der Waals surface area (Å²) < 4.78 is 7.13. The standard InChI is InChI=1S/C12H16BrNO/c1-12(6-8-14-9-7-12)15-11-4-2-10(13)3-5-11/h2-5,14H,6-9H2,1H3. The second-order valence-electron chi connectivity index (χ2n) is 4.26. The van der Waals surface area contributed by atoms with Crippen molar-refractivity contribution < 1.29 is 4.74 Å². The molecule has 0 amide bonds. The van der Waals surface area contributed by atoms with Gasteiger partial charge in [0, 0.05) is 4.47 Å². The van der Waals surface area contributed by atoms with E-state index in [1.54, 1.807) is 0 Å². The first-order chi connectivity index (χ1) is 7.18. The van der Waals surface area contributed by atoms with E-state index in [-0.39, 0.29) is 5.60 Å². The molecule has 1 saturated heterocycles. The van der Waals surface area contributed by atoms with Crippen LogP contribution in [0.3, 0.4) is 0 Å². The van der Waals surface area contributed by atoms with E-state index in [0.717, 1.165) is 36.2 Å². The number of halogens is 1. The number of hydrogen-bond donors (Lipinski definition) is 1. The molecule has 82 valence electrons. The maximum absolute atomic E-state index is 6.04. The predicted molar refractivity (Wildman–Crippen MR) is 65.3 cm³/mol. The summed E-state index contributed by atoms with van der Waals surface area (Å²) in [6.45, 7) is 4.29. The summed E-state index contributed by atoms with van der Waals surface area (Å²) in [7, 11) is 0. The first-order valence-electron chi connectivity index (χ1n) is 5.33. The highest BCUT2D eigenvalue weighted by Gasteiger charge is 2.28. The van der Waals surface area contributed by atoms with Crippen molar-refractivity contribution in [3.8, 4) is 5.75 Å². The van der Waals surface area contributed by atoms with Crippen LogP contribution in [0.5, 0.6) is 5.75 Å². The van der Waals surface area contributed by atoms with Crippen molar-refractivity contribution in [2.75, 3.05) is 13.1 Å². The summed E-state index contributed by atoms with van der Waals surface area (Å²) in [5.74, 6) is 0.961. The van der Waals surface area contributed by atoms with Crippen molar-refractivity contribution in [3.63, 3.8) is 0 Å². The average Bonchev–Trinajstić information content (AvgIpc) is 2.22. The molecule has 15 heavy (non-hydrogen) atoms. The van der Waals surface area contributed by atoms with Crippen LogP contribution in [0.2, 0.25) is 0 Å². The molecule has 1 N–H and O–H groups in total. The maximum Gasteiger partial charge on any atom is 0.120 e. The van der Waals surface area contributed by atoms with Gasteiger partial charge in [0.25, 0.3) is 0 Å². The fourth-order valence-corrected chi connectivity index (χ4v) is 2.11. The van der Waals surface area contributed by atoms with Crippen molar-refractivity contribution in [1.29, 1.82) is 0 Å². The van der Waals surface area contributed by atoms with Crippen LogP contribution in [-0.4, -0.2) is 18.7 Å². The first-order valence-corrected chi connectivity index (χ1v) is 6.13. The van der Waals surface area contributed by atoms with Crippen LogP contribution >= 0.6 is 15.9 Å². The lowest BCUT2D eigenvalue weighted by Gasteiger charge is -2.34. The minimum absolute atomic E-state index is 0.000913. The quantitative estimate of drug-likeness (QED) is 0.892. The van der Waals surface area contributed by atoms with Gasteiger partial charge in [0.15, 0.2) is 0 Å². The third kappa shape index (κ3) is 2.95. The fourth-order valence-electron chi connectivity index (χ4n) is 1.84. The Hall–Kier alpha value is -0.540. The van der Waals surface area contributed by atoms with Crippen LogP contribution in [0.1, 0.15) is 19.8 Å². The number of benzene rings is 1. The second-order valence-corrected chi connectivity index (χ2v) is 5.17. The van der Waals surface area contributed by atoms with E-state index < -0.39 is 0 Å². The third-order valence-corrected chi connectivity index (χ3v) is 3.37. The Labute approximate surface area is 99.1 Å². The van der Waals surface area contributed by atoms with E-state index in [2.05, 4.69) is 28.2 Å². The highest BCUT2D eigenvalue weighted by molar-refractivity contribution is 9.10. The fraction of sp³-hybridized carbons (Fsp3) is 0.500. The van der Waals surface area contributed by atoms with Gasteiger partial charge < -0.3 is 10.1 Å². The molecule has 2 nitrogen and oxygen atoms in total. The minimum atomic E-state index is -0.000913. The highest BCUT2D eigenvalue weighted by atomic mass is 79.9. The van der Waals surface area contributed by atoms with Crippen LogP contribution in [0.25, 0.3) is 0 Å². The summed E-state index contributed by atoms with van der Waals surface area (Å²) in [6, 6.07) is 8.05. The van der Waals surface area contributed by atoms with Crippen molar-refractivity contribution >= 4 is 15.9 Å². The van der Waals surface area contributed by atoms with Gasteiger partial charge in [0.2, 0.25) is 0 Å². The molecule has 0 unspecified atom stereocenters. The van der Waals surface area contributed by atoms with Gasteiger partial charge in [-0.15, -0.1) is 0 Å². The summed E-state index contributed by atoms with van der Waals surface area (Å²) in [5.41, 5.74) is -0.000913. The second kappa shape index (κ2) is 4.54. The van der Waals surface area contributed by atoms with E-state index in [1.807, 2.05) is 24.3 Å². The van der Waals surface area contributed by atoms with E-state index >= 15 is 0 Å². The molecule has 0 bridgehead atoms. The molecule has 2 rings (SSSR count). The van der Waals surface area contributed by atoms with Gasteiger partial charge in [-0.2, -0.15) is 0 Å². The van der Waals surface area contributed by atoms with Crippen molar-refractivity contribution in [3.05, 3.63) is 28.7 Å². The van der Waals surface area contributed by atoms with Gasteiger partial charge in [-0.25, -0.2) is 0 Å². The molecule has 1 fully saturated rings. The Morgan fingerprint density at radius 2 is 1.80 bits per heavy atom. The number of rotatable bonds is 2. The van der Waals surface area contributed by atoms with Gasteiger partial charge in [-0.05, 0) is 57.1 Å². The predicted octanol–water partition coefficient (Wildman–Crippen LogP) is 2.97. The van der Waals surface area contributed by atoms with Crippen molar-refractivity contribution in [2.45, 2.75) is 25.4 Å². The zero-order valence-corrected chi connectivity index (χ0v) is 10.5. The van der Waals surface area contributed by atoms with Gasteiger partial charge in [0.1, 0.15) is 11.4 Å². The SMILES string of the molecule is CC1(Oc2ccc(Br)cc2)CCNCC1. The zero-order chi connectivity index (χ0) is 10.7. The number of piperidine rings is 1. The lowest BCUT2D eigenvalue weighted by atomic mass is 9.94. The molecule has 1 aromatic rings. The topological polar surface area (TPSA) is 21.3 Å². The Kier molecular flexibility index (Phi) is 3.32. The Morgan fingerprint density at radius 1 is 1.20 bits per heavy atom. The van der Waals surface area contributed by atoms with E-state index in [1.165, 1.54) is 0 Å². The number of ether oxygens (including phenoxy) is 1. The Balaban J connectivity index is 2.03. The maximum atomic E-state index is 6.04. The lowest BCUT2D eigenvalue weighted by Crippen LogP contribution is -2.43. The largest absolute Gasteiger partial charge is 0.487 e. The molecule has 1 aliphatic rings. The summed E-state index contributed by atoms with van der Waals surface area (Å²) in [6.07, 6.45) is 2.14. The van der Waals surface area contributed by atoms with Gasteiger partial charge >= 0.3 is 0 Å². The van der Waals surface area contributed by atoms with Gasteiger partial charge in [-0.3, -0.25) is 0 Å². The Bertz CT molecular complexity index is 317. The van der Waals surface area contributed by atoms with Gasteiger partial charge in [-0.1, -0.05) is 15.9 Å². The van der Waals surface area contributed by atoms with Gasteiger partial charge in [0.05, 0.1) is 0 Å². The van der Waals surface area contributed by atoms with Crippen molar-refractivity contribution in [1.82, 2.24) is 5.32 Å². The molecule has 1 heterocycles. The summed E-state index contributed by atoms with van der Waals surface area (Å²) in [5, 5.41) is 3.35. The molecule has 0 aliphatic carbocycles. The molecule has 0 spiro atoms. The third-order valence-electron chi connectivity index (χ3n) is 2.84. The van der Waals surface area contributed by atoms with Crippen molar-refractivity contribution in [2.24, 2.45) is 0 Å². The summed E-state index contributed by atoms with van der Waals surface area (Å²) >= 11 is 3.42. The van der Waals surface area contributed by atoms with E-state index in [4.69, 9.17) is 4.74 Å². The van der Waals surface area contributed by atoms with E-state index in [0.29, 0.717) is 0 Å². The van der Waals surface area contributed by atoms with Crippen LogP contribution in [0.4, 0.5) is 0 Å². The molecule has 0 radical (unpaired) electrons. The van der Waals surface area contributed by atoms with Crippen LogP contribution in [-0.2, 0) is 0 Å². The average molecular weight is 270 g/mol. The van der Waals surface area contributed by atoms with E-state index in [9.17, 15) is 0 Å². The van der Waals surface area contributed by atoms with Crippen LogP contribution in [0, 0.1) is 0 Å². The molecular weight excluding hydrogens is 254 g/mol. The number of hydrogen-bond acceptors (Lipinski definition) is 2. The minimum Gasteiger partial charge on any atom is -0.487 e. The monoisotopic (exact) mass is 269 g/mol. The molecule has 0 atom stereocenters. The molecule has 0 saturated carbocycles.